The molecule has 3 heterocycles. The normalized spacial score (nSPS) is 13.7. The Kier molecular flexibility index (Phi) is 9.46. The van der Waals surface area contributed by atoms with Crippen LogP contribution in [-0.4, -0.2) is 16.2 Å². The standard InChI is InChI=1S/C62H54N4O/c1-42-35-60(63-40-55(42)44-27-30-47(31-28-44)62(5,6)46-19-11-8-12-20-46)66-56-34-29-45(43-17-9-7-10-18-43)36-54(56)53-33-32-52(39-59(53)66)67-51-24-16-23-50(38-51)65-41-64(57-25-13-14-26-58(57)65)49-22-15-21-48(37-49)61(2,3)4/h7-40H,41H2,1-6H3/i1D3. The van der Waals surface area contributed by atoms with Gasteiger partial charge in [0.25, 0.3) is 0 Å². The summed E-state index contributed by atoms with van der Waals surface area (Å²) in [7, 11) is 0. The van der Waals surface area contributed by atoms with Crippen LogP contribution in [0.15, 0.2) is 206 Å². The Hall–Kier alpha value is -7.89. The molecule has 1 aliphatic rings. The summed E-state index contributed by atoms with van der Waals surface area (Å²) in [6.45, 7) is 9.39. The molecule has 0 fully saturated rings. The molecule has 0 amide bonds. The Balaban J connectivity index is 0.974. The molecule has 0 atom stereocenters. The maximum absolute atomic E-state index is 8.82. The molecule has 0 aliphatic carbocycles. The molecule has 5 nitrogen and oxygen atoms in total. The molecule has 67 heavy (non-hydrogen) atoms. The second-order valence-electron chi connectivity index (χ2n) is 19.2. The van der Waals surface area contributed by atoms with Crippen molar-refractivity contribution in [3.8, 4) is 39.6 Å². The van der Waals surface area contributed by atoms with Crippen molar-refractivity contribution >= 4 is 44.6 Å². The van der Waals surface area contributed by atoms with Crippen molar-refractivity contribution in [2.45, 2.75) is 52.3 Å². The second-order valence-corrected chi connectivity index (χ2v) is 19.2. The van der Waals surface area contributed by atoms with E-state index in [1.807, 2.05) is 60.7 Å². The van der Waals surface area contributed by atoms with Crippen LogP contribution in [0.1, 0.15) is 61.0 Å². The predicted octanol–water partition coefficient (Wildman–Crippen LogP) is 16.5. The van der Waals surface area contributed by atoms with Crippen molar-refractivity contribution in [3.63, 3.8) is 0 Å². The van der Waals surface area contributed by atoms with Gasteiger partial charge in [0, 0.05) is 55.6 Å². The number of aryl methyl sites for hydroxylation is 1. The summed E-state index contributed by atoms with van der Waals surface area (Å²) in [6.07, 6.45) is 1.72. The molecule has 0 spiro atoms. The highest BCUT2D eigenvalue weighted by molar-refractivity contribution is 6.10. The number of hydrogen-bond donors (Lipinski definition) is 0. The lowest BCUT2D eigenvalue weighted by Gasteiger charge is -2.26. The number of para-hydroxylation sites is 2. The van der Waals surface area contributed by atoms with E-state index in [0.29, 0.717) is 29.5 Å². The molecule has 1 aliphatic heterocycles. The first kappa shape index (κ1) is 38.4. The lowest BCUT2D eigenvalue weighted by Crippen LogP contribution is -2.24. The van der Waals surface area contributed by atoms with Gasteiger partial charge < -0.3 is 14.5 Å². The van der Waals surface area contributed by atoms with Crippen LogP contribution in [-0.2, 0) is 10.8 Å². The van der Waals surface area contributed by atoms with Crippen LogP contribution in [0.3, 0.4) is 0 Å². The van der Waals surface area contributed by atoms with E-state index in [1.165, 1.54) is 11.1 Å². The quantitative estimate of drug-likeness (QED) is 0.145. The molecule has 2 aromatic heterocycles. The van der Waals surface area contributed by atoms with E-state index >= 15 is 0 Å². The number of fused-ring (bicyclic) bond motifs is 4. The summed E-state index contributed by atoms with van der Waals surface area (Å²) in [5.74, 6) is 1.85. The van der Waals surface area contributed by atoms with Gasteiger partial charge in [0.2, 0.25) is 0 Å². The first-order valence-corrected chi connectivity index (χ1v) is 23.0. The number of pyridine rings is 1. The predicted molar refractivity (Wildman–Crippen MR) is 280 cm³/mol. The van der Waals surface area contributed by atoms with Crippen LogP contribution in [0.5, 0.6) is 11.5 Å². The summed E-state index contributed by atoms with van der Waals surface area (Å²) >= 11 is 0. The van der Waals surface area contributed by atoms with E-state index in [0.717, 1.165) is 66.8 Å². The highest BCUT2D eigenvalue weighted by atomic mass is 16.5. The zero-order chi connectivity index (χ0) is 48.4. The van der Waals surface area contributed by atoms with Gasteiger partial charge in [-0.25, -0.2) is 4.98 Å². The summed E-state index contributed by atoms with van der Waals surface area (Å²) < 4.78 is 35.3. The molecular weight excluding hydrogens is 817 g/mol. The van der Waals surface area contributed by atoms with Crippen LogP contribution in [0.2, 0.25) is 0 Å². The molecular formula is C62H54N4O. The third kappa shape index (κ3) is 7.70. The molecule has 11 rings (SSSR count). The lowest BCUT2D eigenvalue weighted by molar-refractivity contribution is 0.483. The topological polar surface area (TPSA) is 33.5 Å². The number of anilines is 4. The monoisotopic (exact) mass is 873 g/mol. The van der Waals surface area contributed by atoms with Crippen LogP contribution in [0.25, 0.3) is 49.9 Å². The molecule has 5 heteroatoms. The number of ether oxygens (including phenoxy) is 1. The van der Waals surface area contributed by atoms with E-state index in [2.05, 4.69) is 182 Å². The molecule has 0 radical (unpaired) electrons. The molecule has 8 aromatic carbocycles. The minimum atomic E-state index is -2.42. The van der Waals surface area contributed by atoms with E-state index in [4.69, 9.17) is 13.8 Å². The Labute approximate surface area is 398 Å². The Morgan fingerprint density at radius 2 is 1.12 bits per heavy atom. The molecule has 10 aromatic rings. The minimum Gasteiger partial charge on any atom is -0.457 e. The van der Waals surface area contributed by atoms with E-state index < -0.39 is 6.85 Å². The average molecular weight is 874 g/mol. The van der Waals surface area contributed by atoms with Crippen molar-refractivity contribution in [1.29, 1.82) is 0 Å². The average Bonchev–Trinajstić information content (AvgIpc) is 3.92. The lowest BCUT2D eigenvalue weighted by atomic mass is 9.78. The third-order valence-electron chi connectivity index (χ3n) is 13.5. The van der Waals surface area contributed by atoms with Gasteiger partial charge in [-0.2, -0.15) is 0 Å². The summed E-state index contributed by atoms with van der Waals surface area (Å²) in [4.78, 5) is 9.77. The molecule has 0 saturated carbocycles. The van der Waals surface area contributed by atoms with Gasteiger partial charge in [-0.1, -0.05) is 156 Å². The zero-order valence-electron chi connectivity index (χ0n) is 41.5. The maximum Gasteiger partial charge on any atom is 0.137 e. The number of hydrogen-bond acceptors (Lipinski definition) is 4. The fourth-order valence-corrected chi connectivity index (χ4v) is 9.65. The smallest absolute Gasteiger partial charge is 0.137 e. The van der Waals surface area contributed by atoms with E-state index in [9.17, 15) is 0 Å². The Bertz CT molecular complexity index is 3560. The van der Waals surface area contributed by atoms with Crippen LogP contribution in [0.4, 0.5) is 22.7 Å². The maximum atomic E-state index is 8.82. The van der Waals surface area contributed by atoms with Crippen molar-refractivity contribution in [3.05, 3.63) is 229 Å². The first-order valence-electron chi connectivity index (χ1n) is 24.5. The van der Waals surface area contributed by atoms with Crippen molar-refractivity contribution in [2.24, 2.45) is 0 Å². The van der Waals surface area contributed by atoms with Gasteiger partial charge in [-0.15, -0.1) is 0 Å². The summed E-state index contributed by atoms with van der Waals surface area (Å²) in [5, 5.41) is 2.02. The molecule has 0 N–H and O–H groups in total. The number of benzene rings is 8. The number of rotatable bonds is 9. The highest BCUT2D eigenvalue weighted by Gasteiger charge is 2.29. The van der Waals surface area contributed by atoms with Gasteiger partial charge in [0.15, 0.2) is 0 Å². The van der Waals surface area contributed by atoms with Crippen LogP contribution in [0, 0.1) is 6.85 Å². The molecule has 0 bridgehead atoms. The fourth-order valence-electron chi connectivity index (χ4n) is 9.65. The summed E-state index contributed by atoms with van der Waals surface area (Å²) in [6, 6.07) is 69.0. The SMILES string of the molecule is [2H]C([2H])([2H])c1cc(-n2c3ccc(-c4ccccc4)cc3c3ccc(Oc4cccc(N5CN(c6cccc(C(C)(C)C)c6)c6ccccc65)c4)cc32)ncc1-c1ccc(C(C)(C)c2ccccc2)cc1. The van der Waals surface area contributed by atoms with E-state index in [-0.39, 0.29) is 16.4 Å². The van der Waals surface area contributed by atoms with Gasteiger partial charge in [-0.05, 0) is 118 Å². The highest BCUT2D eigenvalue weighted by Crippen LogP contribution is 2.46. The molecule has 0 unspecified atom stereocenters. The van der Waals surface area contributed by atoms with Crippen molar-refractivity contribution < 1.29 is 8.85 Å². The summed E-state index contributed by atoms with van der Waals surface area (Å²) in [5.41, 5.74) is 13.4. The largest absolute Gasteiger partial charge is 0.457 e. The van der Waals surface area contributed by atoms with Gasteiger partial charge >= 0.3 is 0 Å². The second kappa shape index (κ2) is 16.5. The number of aromatic nitrogens is 2. The van der Waals surface area contributed by atoms with Crippen molar-refractivity contribution in [2.75, 3.05) is 16.5 Å². The molecule has 0 saturated heterocycles. The Morgan fingerprint density at radius 1 is 0.493 bits per heavy atom. The Morgan fingerprint density at radius 3 is 1.84 bits per heavy atom. The zero-order valence-corrected chi connectivity index (χ0v) is 38.5. The van der Waals surface area contributed by atoms with Crippen LogP contribution >= 0.6 is 0 Å². The van der Waals surface area contributed by atoms with Gasteiger partial charge in [0.1, 0.15) is 24.0 Å². The number of nitrogens with zero attached hydrogens (tertiary/aromatic N) is 4. The first-order chi connectivity index (χ1) is 33.7. The molecule has 328 valence electrons. The van der Waals surface area contributed by atoms with Gasteiger partial charge in [-0.3, -0.25) is 4.57 Å². The fraction of sp³-hybridized carbons (Fsp3) is 0.145. The minimum absolute atomic E-state index is 0.0273. The van der Waals surface area contributed by atoms with Crippen LogP contribution < -0.4 is 14.5 Å². The third-order valence-corrected chi connectivity index (χ3v) is 13.5. The van der Waals surface area contributed by atoms with Gasteiger partial charge in [0.05, 0.1) is 22.4 Å². The van der Waals surface area contributed by atoms with Crippen molar-refractivity contribution in [1.82, 2.24) is 9.55 Å². The van der Waals surface area contributed by atoms with E-state index in [1.54, 1.807) is 12.3 Å².